The summed E-state index contributed by atoms with van der Waals surface area (Å²) in [5.41, 5.74) is 1.39. The highest BCUT2D eigenvalue weighted by Gasteiger charge is 2.18. The lowest BCUT2D eigenvalue weighted by Gasteiger charge is -2.29. The maximum atomic E-state index is 3.79. The molecule has 0 amide bonds. The SMILES string of the molecule is CCC(NC(C)CC1CCCCN1)c1ccc(Br)cc1. The van der Waals surface area contributed by atoms with Crippen LogP contribution in [0.3, 0.4) is 0 Å². The third-order valence-corrected chi connectivity index (χ3v) is 4.75. The monoisotopic (exact) mass is 338 g/mol. The molecule has 1 saturated heterocycles. The molecule has 0 spiro atoms. The van der Waals surface area contributed by atoms with E-state index in [4.69, 9.17) is 0 Å². The van der Waals surface area contributed by atoms with Crippen molar-refractivity contribution in [2.45, 2.75) is 64.1 Å². The Morgan fingerprint density at radius 2 is 2.05 bits per heavy atom. The lowest BCUT2D eigenvalue weighted by atomic mass is 9.97. The van der Waals surface area contributed by atoms with Crippen LogP contribution in [0.2, 0.25) is 0 Å². The summed E-state index contributed by atoms with van der Waals surface area (Å²) < 4.78 is 1.15. The van der Waals surface area contributed by atoms with Gasteiger partial charge in [-0.3, -0.25) is 0 Å². The molecule has 3 heteroatoms. The predicted octanol–water partition coefficient (Wildman–Crippen LogP) is 4.41. The van der Waals surface area contributed by atoms with E-state index in [1.54, 1.807) is 0 Å². The predicted molar refractivity (Wildman–Crippen MR) is 90.0 cm³/mol. The van der Waals surface area contributed by atoms with E-state index in [2.05, 4.69) is 64.7 Å². The highest BCUT2D eigenvalue weighted by atomic mass is 79.9. The number of hydrogen-bond acceptors (Lipinski definition) is 2. The molecule has 0 radical (unpaired) electrons. The molecule has 1 aliphatic heterocycles. The maximum absolute atomic E-state index is 3.79. The van der Waals surface area contributed by atoms with Gasteiger partial charge in [-0.05, 0) is 56.8 Å². The fraction of sp³-hybridized carbons (Fsp3) is 0.647. The lowest BCUT2D eigenvalue weighted by Crippen LogP contribution is -2.40. The van der Waals surface area contributed by atoms with Crippen molar-refractivity contribution in [1.82, 2.24) is 10.6 Å². The first-order valence-electron chi connectivity index (χ1n) is 7.94. The van der Waals surface area contributed by atoms with Gasteiger partial charge in [0.25, 0.3) is 0 Å². The van der Waals surface area contributed by atoms with Gasteiger partial charge in [-0.2, -0.15) is 0 Å². The normalized spacial score (nSPS) is 22.4. The van der Waals surface area contributed by atoms with Crippen molar-refractivity contribution >= 4 is 15.9 Å². The second-order valence-corrected chi connectivity index (χ2v) is 6.88. The summed E-state index contributed by atoms with van der Waals surface area (Å²) in [6.45, 7) is 5.77. The largest absolute Gasteiger partial charge is 0.314 e. The van der Waals surface area contributed by atoms with Crippen LogP contribution in [0.5, 0.6) is 0 Å². The van der Waals surface area contributed by atoms with Crippen LogP contribution < -0.4 is 10.6 Å². The van der Waals surface area contributed by atoms with Gasteiger partial charge in [0.1, 0.15) is 0 Å². The van der Waals surface area contributed by atoms with Crippen LogP contribution in [0.25, 0.3) is 0 Å². The summed E-state index contributed by atoms with van der Waals surface area (Å²) in [6, 6.07) is 10.4. The molecule has 2 rings (SSSR count). The van der Waals surface area contributed by atoms with Gasteiger partial charge in [0.05, 0.1) is 0 Å². The summed E-state index contributed by atoms with van der Waals surface area (Å²) in [7, 11) is 0. The van der Waals surface area contributed by atoms with E-state index >= 15 is 0 Å². The Hall–Kier alpha value is -0.380. The van der Waals surface area contributed by atoms with Crippen molar-refractivity contribution in [3.8, 4) is 0 Å². The summed E-state index contributed by atoms with van der Waals surface area (Å²) in [5, 5.41) is 7.44. The zero-order valence-electron chi connectivity index (χ0n) is 12.7. The Balaban J connectivity index is 1.86. The Labute approximate surface area is 131 Å². The molecule has 2 N–H and O–H groups in total. The van der Waals surface area contributed by atoms with Gasteiger partial charge in [0.2, 0.25) is 0 Å². The third-order valence-electron chi connectivity index (χ3n) is 4.22. The van der Waals surface area contributed by atoms with Crippen molar-refractivity contribution in [1.29, 1.82) is 0 Å². The quantitative estimate of drug-likeness (QED) is 0.802. The Bertz CT molecular complexity index is 384. The van der Waals surface area contributed by atoms with Crippen molar-refractivity contribution in [3.63, 3.8) is 0 Å². The lowest BCUT2D eigenvalue weighted by molar-refractivity contribution is 0.327. The van der Waals surface area contributed by atoms with Gasteiger partial charge in [-0.25, -0.2) is 0 Å². The number of benzene rings is 1. The van der Waals surface area contributed by atoms with Crippen LogP contribution in [-0.2, 0) is 0 Å². The third kappa shape index (κ3) is 4.87. The van der Waals surface area contributed by atoms with Crippen molar-refractivity contribution in [2.24, 2.45) is 0 Å². The summed E-state index contributed by atoms with van der Waals surface area (Å²) in [5.74, 6) is 0. The van der Waals surface area contributed by atoms with Crippen molar-refractivity contribution < 1.29 is 0 Å². The Kier molecular flexibility index (Phi) is 6.53. The zero-order chi connectivity index (χ0) is 14.4. The molecule has 1 aromatic rings. The highest BCUT2D eigenvalue weighted by Crippen LogP contribution is 2.21. The van der Waals surface area contributed by atoms with E-state index in [-0.39, 0.29) is 0 Å². The molecule has 112 valence electrons. The Morgan fingerprint density at radius 3 is 2.65 bits per heavy atom. The first-order valence-corrected chi connectivity index (χ1v) is 8.73. The van der Waals surface area contributed by atoms with Gasteiger partial charge in [0, 0.05) is 22.6 Å². The maximum Gasteiger partial charge on any atom is 0.0319 e. The average Bonchev–Trinajstić information content (AvgIpc) is 2.47. The van der Waals surface area contributed by atoms with Crippen LogP contribution in [0.4, 0.5) is 0 Å². The van der Waals surface area contributed by atoms with Crippen LogP contribution >= 0.6 is 15.9 Å². The molecule has 3 unspecified atom stereocenters. The van der Waals surface area contributed by atoms with Gasteiger partial charge in [0.15, 0.2) is 0 Å². The number of hydrogen-bond donors (Lipinski definition) is 2. The number of piperidine rings is 1. The molecule has 2 nitrogen and oxygen atoms in total. The molecule has 1 aliphatic rings. The molecular formula is C17H27BrN2. The van der Waals surface area contributed by atoms with Crippen LogP contribution in [0, 0.1) is 0 Å². The zero-order valence-corrected chi connectivity index (χ0v) is 14.2. The fourth-order valence-electron chi connectivity index (χ4n) is 3.11. The molecule has 0 aromatic heterocycles. The highest BCUT2D eigenvalue weighted by molar-refractivity contribution is 9.10. The van der Waals surface area contributed by atoms with Crippen molar-refractivity contribution in [3.05, 3.63) is 34.3 Å². The van der Waals surface area contributed by atoms with E-state index in [1.807, 2.05) is 0 Å². The number of halogens is 1. The molecule has 3 atom stereocenters. The molecule has 1 fully saturated rings. The summed E-state index contributed by atoms with van der Waals surface area (Å²) in [6.07, 6.45) is 6.42. The van der Waals surface area contributed by atoms with E-state index in [1.165, 1.54) is 37.8 Å². The van der Waals surface area contributed by atoms with E-state index in [0.29, 0.717) is 18.1 Å². The van der Waals surface area contributed by atoms with Crippen LogP contribution in [0.15, 0.2) is 28.7 Å². The molecule has 0 bridgehead atoms. The van der Waals surface area contributed by atoms with Gasteiger partial charge in [-0.15, -0.1) is 0 Å². The minimum atomic E-state index is 0.460. The minimum absolute atomic E-state index is 0.460. The summed E-state index contributed by atoms with van der Waals surface area (Å²) >= 11 is 3.50. The molecule has 0 saturated carbocycles. The summed E-state index contributed by atoms with van der Waals surface area (Å²) in [4.78, 5) is 0. The Morgan fingerprint density at radius 1 is 1.30 bits per heavy atom. The minimum Gasteiger partial charge on any atom is -0.314 e. The topological polar surface area (TPSA) is 24.1 Å². The second-order valence-electron chi connectivity index (χ2n) is 5.96. The number of rotatable bonds is 6. The van der Waals surface area contributed by atoms with Gasteiger partial charge in [-0.1, -0.05) is 41.4 Å². The second kappa shape index (κ2) is 8.16. The smallest absolute Gasteiger partial charge is 0.0319 e. The van der Waals surface area contributed by atoms with E-state index in [0.717, 1.165) is 10.9 Å². The van der Waals surface area contributed by atoms with E-state index in [9.17, 15) is 0 Å². The fourth-order valence-corrected chi connectivity index (χ4v) is 3.37. The first-order chi connectivity index (χ1) is 9.69. The van der Waals surface area contributed by atoms with Gasteiger partial charge < -0.3 is 10.6 Å². The average molecular weight is 339 g/mol. The van der Waals surface area contributed by atoms with Crippen LogP contribution in [-0.4, -0.2) is 18.6 Å². The standard InChI is InChI=1S/C17H27BrN2/c1-3-17(14-7-9-15(18)10-8-14)20-13(2)12-16-6-4-5-11-19-16/h7-10,13,16-17,19-20H,3-6,11-12H2,1-2H3. The molecule has 1 heterocycles. The molecule has 0 aliphatic carbocycles. The van der Waals surface area contributed by atoms with Crippen molar-refractivity contribution in [2.75, 3.05) is 6.54 Å². The number of nitrogens with one attached hydrogen (secondary N) is 2. The van der Waals surface area contributed by atoms with E-state index < -0.39 is 0 Å². The molecule has 20 heavy (non-hydrogen) atoms. The molecule has 1 aromatic carbocycles. The van der Waals surface area contributed by atoms with Gasteiger partial charge >= 0.3 is 0 Å². The molecular weight excluding hydrogens is 312 g/mol. The first kappa shape index (κ1) is 16.0. The van der Waals surface area contributed by atoms with Crippen LogP contribution in [0.1, 0.15) is 57.6 Å².